The lowest BCUT2D eigenvalue weighted by atomic mass is 9.76. The van der Waals surface area contributed by atoms with Gasteiger partial charge in [0.25, 0.3) is 11.8 Å². The van der Waals surface area contributed by atoms with Gasteiger partial charge < -0.3 is 20.7 Å². The summed E-state index contributed by atoms with van der Waals surface area (Å²) in [7, 11) is 1.52. The standard InChI is InChI=1S/C28H26N4O5/c1-37-23-11-5-4-10-22(23)30-25(34)19-12-14-20(15-13-19)29-24(33)17-32-26(35)28(31-27(32)36)16-6-8-18-7-2-3-9-21(18)28/h2-5,7,9-15H,6,8,16-17H2,1H3,(H,29,33)(H,30,34)(H,31,36)/t28-/m0/s1. The number of methoxy groups -OCH3 is 1. The Morgan fingerprint density at radius 3 is 2.49 bits per heavy atom. The monoisotopic (exact) mass is 498 g/mol. The molecule has 9 nitrogen and oxygen atoms in total. The van der Waals surface area contributed by atoms with Crippen molar-refractivity contribution in [1.82, 2.24) is 10.2 Å². The molecular formula is C28H26N4O5. The van der Waals surface area contributed by atoms with E-state index in [9.17, 15) is 19.2 Å². The molecule has 1 spiro atoms. The third-order valence-corrected chi connectivity index (χ3v) is 6.74. The first-order chi connectivity index (χ1) is 17.9. The number of aryl methyl sites for hydroxylation is 1. The van der Waals surface area contributed by atoms with Crippen molar-refractivity contribution in [2.75, 3.05) is 24.3 Å². The van der Waals surface area contributed by atoms with Gasteiger partial charge in [0.2, 0.25) is 5.91 Å². The lowest BCUT2D eigenvalue weighted by Crippen LogP contribution is -2.47. The second-order valence-corrected chi connectivity index (χ2v) is 9.02. The Kier molecular flexibility index (Phi) is 6.35. The highest BCUT2D eigenvalue weighted by atomic mass is 16.5. The Hall–Kier alpha value is -4.66. The van der Waals surface area contributed by atoms with Gasteiger partial charge in [-0.05, 0) is 66.8 Å². The number of carbonyl (C=O) groups excluding carboxylic acids is 4. The molecule has 1 aliphatic carbocycles. The molecule has 0 saturated carbocycles. The van der Waals surface area contributed by atoms with Gasteiger partial charge >= 0.3 is 6.03 Å². The van der Waals surface area contributed by atoms with Crippen molar-refractivity contribution in [2.24, 2.45) is 0 Å². The number of rotatable bonds is 6. The first-order valence-electron chi connectivity index (χ1n) is 12.0. The van der Waals surface area contributed by atoms with Crippen LogP contribution in [-0.2, 0) is 21.5 Å². The van der Waals surface area contributed by atoms with Crippen LogP contribution in [0, 0.1) is 0 Å². The minimum atomic E-state index is -1.12. The number of fused-ring (bicyclic) bond motifs is 2. The summed E-state index contributed by atoms with van der Waals surface area (Å²) >= 11 is 0. The van der Waals surface area contributed by atoms with Gasteiger partial charge in [0.1, 0.15) is 17.8 Å². The molecule has 9 heteroatoms. The summed E-state index contributed by atoms with van der Waals surface area (Å²) in [5.74, 6) is -0.725. The number of nitrogens with zero attached hydrogens (tertiary/aromatic N) is 1. The quantitative estimate of drug-likeness (QED) is 0.449. The van der Waals surface area contributed by atoms with Crippen LogP contribution in [0.3, 0.4) is 0 Å². The lowest BCUT2D eigenvalue weighted by molar-refractivity contribution is -0.134. The van der Waals surface area contributed by atoms with Gasteiger partial charge in [-0.1, -0.05) is 36.4 Å². The van der Waals surface area contributed by atoms with Crippen molar-refractivity contribution in [3.8, 4) is 5.75 Å². The van der Waals surface area contributed by atoms with E-state index < -0.39 is 29.9 Å². The third-order valence-electron chi connectivity index (χ3n) is 6.74. The molecule has 1 heterocycles. The van der Waals surface area contributed by atoms with Gasteiger partial charge in [-0.15, -0.1) is 0 Å². The number of carbonyl (C=O) groups is 4. The molecule has 3 aromatic carbocycles. The van der Waals surface area contributed by atoms with Crippen molar-refractivity contribution in [2.45, 2.75) is 24.8 Å². The molecule has 3 N–H and O–H groups in total. The highest BCUT2D eigenvalue weighted by molar-refractivity contribution is 6.11. The van der Waals surface area contributed by atoms with Crippen LogP contribution in [0.2, 0.25) is 0 Å². The second kappa shape index (κ2) is 9.77. The maximum Gasteiger partial charge on any atom is 0.325 e. The number of benzene rings is 3. The Morgan fingerprint density at radius 2 is 1.70 bits per heavy atom. The molecule has 5 rings (SSSR count). The first-order valence-corrected chi connectivity index (χ1v) is 12.0. The summed E-state index contributed by atoms with van der Waals surface area (Å²) in [6.45, 7) is -0.412. The van der Waals surface area contributed by atoms with E-state index in [0.717, 1.165) is 28.9 Å². The largest absolute Gasteiger partial charge is 0.495 e. The molecule has 2 aliphatic rings. The van der Waals surface area contributed by atoms with Crippen LogP contribution in [0.15, 0.2) is 72.8 Å². The van der Waals surface area contributed by atoms with Crippen molar-refractivity contribution in [1.29, 1.82) is 0 Å². The number of ether oxygens (including phenoxy) is 1. The van der Waals surface area contributed by atoms with Crippen LogP contribution in [0.5, 0.6) is 5.75 Å². The van der Waals surface area contributed by atoms with E-state index in [4.69, 9.17) is 4.74 Å². The Balaban J connectivity index is 1.23. The van der Waals surface area contributed by atoms with E-state index in [1.54, 1.807) is 48.5 Å². The van der Waals surface area contributed by atoms with Gasteiger partial charge in [-0.25, -0.2) is 4.79 Å². The Bertz CT molecular complexity index is 1390. The van der Waals surface area contributed by atoms with E-state index in [-0.39, 0.29) is 5.91 Å². The van der Waals surface area contributed by atoms with Gasteiger partial charge in [0, 0.05) is 11.3 Å². The topological polar surface area (TPSA) is 117 Å². The number of hydrogen-bond acceptors (Lipinski definition) is 5. The molecule has 0 aromatic heterocycles. The zero-order valence-electron chi connectivity index (χ0n) is 20.2. The average Bonchev–Trinajstić information content (AvgIpc) is 3.14. The van der Waals surface area contributed by atoms with Gasteiger partial charge in [0.15, 0.2) is 0 Å². The molecule has 3 aromatic rings. The fourth-order valence-corrected chi connectivity index (χ4v) is 4.95. The summed E-state index contributed by atoms with van der Waals surface area (Å²) in [6.07, 6.45) is 2.10. The zero-order chi connectivity index (χ0) is 26.0. The van der Waals surface area contributed by atoms with Crippen molar-refractivity contribution in [3.05, 3.63) is 89.5 Å². The Labute approximate surface area is 213 Å². The SMILES string of the molecule is COc1ccccc1NC(=O)c1ccc(NC(=O)CN2C(=O)N[C@]3(CCCc4ccccc43)C2=O)cc1. The number of imide groups is 1. The van der Waals surface area contributed by atoms with E-state index in [1.165, 1.54) is 7.11 Å². The first kappa shape index (κ1) is 24.1. The maximum atomic E-state index is 13.4. The summed E-state index contributed by atoms with van der Waals surface area (Å²) in [5, 5.41) is 8.33. The van der Waals surface area contributed by atoms with Crippen LogP contribution < -0.4 is 20.7 Å². The fourth-order valence-electron chi connectivity index (χ4n) is 4.95. The molecular weight excluding hydrogens is 472 g/mol. The van der Waals surface area contributed by atoms with E-state index in [1.807, 2.05) is 24.3 Å². The second-order valence-electron chi connectivity index (χ2n) is 9.02. The van der Waals surface area contributed by atoms with Gasteiger partial charge in [-0.2, -0.15) is 0 Å². The number of para-hydroxylation sites is 2. The highest BCUT2D eigenvalue weighted by Crippen LogP contribution is 2.39. The summed E-state index contributed by atoms with van der Waals surface area (Å²) in [5.41, 5.74) is 2.06. The number of amides is 5. The zero-order valence-corrected chi connectivity index (χ0v) is 20.2. The smallest absolute Gasteiger partial charge is 0.325 e. The lowest BCUT2D eigenvalue weighted by Gasteiger charge is -2.33. The van der Waals surface area contributed by atoms with Crippen LogP contribution in [-0.4, -0.2) is 42.3 Å². The number of nitrogens with one attached hydrogen (secondary N) is 3. The van der Waals surface area contributed by atoms with Crippen LogP contribution in [0.1, 0.15) is 34.3 Å². The molecule has 1 fully saturated rings. The molecule has 0 unspecified atom stereocenters. The minimum Gasteiger partial charge on any atom is -0.495 e. The maximum absolute atomic E-state index is 13.4. The fraction of sp³-hybridized carbons (Fsp3) is 0.214. The molecule has 1 aliphatic heterocycles. The van der Waals surface area contributed by atoms with Gasteiger partial charge in [-0.3, -0.25) is 19.3 Å². The predicted octanol–water partition coefficient (Wildman–Crippen LogP) is 3.67. The van der Waals surface area contributed by atoms with Crippen molar-refractivity contribution >= 4 is 35.1 Å². The summed E-state index contributed by atoms with van der Waals surface area (Å²) in [4.78, 5) is 52.4. The minimum absolute atomic E-state index is 0.334. The van der Waals surface area contributed by atoms with Crippen LogP contribution >= 0.6 is 0 Å². The molecule has 1 atom stereocenters. The highest BCUT2D eigenvalue weighted by Gasteiger charge is 2.54. The number of hydrogen-bond donors (Lipinski definition) is 3. The summed E-state index contributed by atoms with van der Waals surface area (Å²) in [6, 6.07) is 20.4. The average molecular weight is 499 g/mol. The van der Waals surface area contributed by atoms with Crippen LogP contribution in [0.25, 0.3) is 0 Å². The molecule has 5 amide bonds. The van der Waals surface area contributed by atoms with E-state index >= 15 is 0 Å². The predicted molar refractivity (Wildman–Crippen MR) is 137 cm³/mol. The van der Waals surface area contributed by atoms with E-state index in [0.29, 0.717) is 29.1 Å². The third kappa shape index (κ3) is 4.51. The molecule has 37 heavy (non-hydrogen) atoms. The number of urea groups is 1. The molecule has 188 valence electrons. The van der Waals surface area contributed by atoms with E-state index in [2.05, 4.69) is 16.0 Å². The van der Waals surface area contributed by atoms with Gasteiger partial charge in [0.05, 0.1) is 12.8 Å². The molecule has 0 bridgehead atoms. The number of anilines is 2. The normalized spacial score (nSPS) is 18.2. The molecule has 1 saturated heterocycles. The Morgan fingerprint density at radius 1 is 0.973 bits per heavy atom. The van der Waals surface area contributed by atoms with Crippen LogP contribution in [0.4, 0.5) is 16.2 Å². The van der Waals surface area contributed by atoms with Crippen molar-refractivity contribution < 1.29 is 23.9 Å². The summed E-state index contributed by atoms with van der Waals surface area (Å²) < 4.78 is 5.25. The van der Waals surface area contributed by atoms with Crippen molar-refractivity contribution in [3.63, 3.8) is 0 Å². The molecule has 0 radical (unpaired) electrons.